The van der Waals surface area contributed by atoms with Gasteiger partial charge in [0.05, 0.1) is 0 Å². The van der Waals surface area contributed by atoms with Crippen LogP contribution in [0.3, 0.4) is 0 Å². The molecule has 0 rings (SSSR count). The fraction of sp³-hybridized carbons (Fsp3) is 0.536. The lowest BCUT2D eigenvalue weighted by atomic mass is 9.97. The van der Waals surface area contributed by atoms with Crippen LogP contribution >= 0.6 is 0 Å². The zero-order valence-corrected chi connectivity index (χ0v) is 20.0. The molecule has 0 atom stereocenters. The molecule has 0 spiro atoms. The van der Waals surface area contributed by atoms with Crippen molar-refractivity contribution in [1.82, 2.24) is 0 Å². The Morgan fingerprint density at radius 1 is 0.677 bits per heavy atom. The van der Waals surface area contributed by atoms with E-state index in [0.717, 1.165) is 51.4 Å². The van der Waals surface area contributed by atoms with Gasteiger partial charge in [-0.05, 0) is 64.2 Å². The number of carbonyl (C=O) groups is 1. The maximum atomic E-state index is 11.4. The predicted molar refractivity (Wildman–Crippen MR) is 134 cm³/mol. The Hall–Kier alpha value is -2.13. The third kappa shape index (κ3) is 16.3. The Balaban J connectivity index is 3.71. The second-order valence-electron chi connectivity index (χ2n) is 7.41. The Morgan fingerprint density at radius 2 is 1.06 bits per heavy atom. The minimum Gasteiger partial charge on any atom is -0.479 e. The second kappa shape index (κ2) is 21.1. The average molecular weight is 429 g/mol. The molecule has 0 aromatic heterocycles. The van der Waals surface area contributed by atoms with E-state index in [2.05, 4.69) is 79.8 Å². The molecular formula is C28H44O3. The fourth-order valence-corrected chi connectivity index (χ4v) is 2.93. The van der Waals surface area contributed by atoms with Gasteiger partial charge in [0.1, 0.15) is 0 Å². The van der Waals surface area contributed by atoms with Crippen LogP contribution in [0.2, 0.25) is 0 Å². The lowest BCUT2D eigenvalue weighted by molar-refractivity contribution is -0.167. The summed E-state index contributed by atoms with van der Waals surface area (Å²) in [7, 11) is 0. The maximum Gasteiger partial charge on any atom is 0.335 e. The first-order valence-corrected chi connectivity index (χ1v) is 11.9. The Kier molecular flexibility index (Phi) is 19.7. The molecule has 0 saturated heterocycles. The minimum atomic E-state index is -1.02. The van der Waals surface area contributed by atoms with Gasteiger partial charge in [-0.2, -0.15) is 0 Å². The third-order valence-electron chi connectivity index (χ3n) is 5.02. The van der Waals surface area contributed by atoms with Crippen molar-refractivity contribution in [3.63, 3.8) is 0 Å². The topological polar surface area (TPSA) is 46.5 Å². The molecule has 0 bridgehead atoms. The first-order chi connectivity index (χ1) is 15.1. The number of ether oxygens (including phenoxy) is 1. The van der Waals surface area contributed by atoms with E-state index in [9.17, 15) is 9.90 Å². The van der Waals surface area contributed by atoms with E-state index in [0.29, 0.717) is 19.4 Å². The molecule has 0 fully saturated rings. The lowest BCUT2D eigenvalue weighted by Gasteiger charge is -2.26. The van der Waals surface area contributed by atoms with Gasteiger partial charge in [-0.25, -0.2) is 4.79 Å². The number of rotatable bonds is 19. The molecular weight excluding hydrogens is 384 g/mol. The van der Waals surface area contributed by atoms with Crippen LogP contribution in [0, 0.1) is 0 Å². The van der Waals surface area contributed by atoms with E-state index in [-0.39, 0.29) is 0 Å². The quantitative estimate of drug-likeness (QED) is 0.167. The number of unbranched alkanes of at least 4 members (excludes halogenated alkanes) is 1. The van der Waals surface area contributed by atoms with Crippen molar-refractivity contribution in [2.24, 2.45) is 0 Å². The van der Waals surface area contributed by atoms with Crippen LogP contribution < -0.4 is 0 Å². The number of carboxylic acids is 1. The highest BCUT2D eigenvalue weighted by atomic mass is 16.5. The molecule has 0 heterocycles. The fourth-order valence-electron chi connectivity index (χ4n) is 2.93. The summed E-state index contributed by atoms with van der Waals surface area (Å²) >= 11 is 0. The highest BCUT2D eigenvalue weighted by Crippen LogP contribution is 2.21. The SMILES string of the molecule is CC/C=C\C/C=C\C/C=C\C/C=C\C/C=C\C/C=C\CCCOC(CC)(CC)C(=O)O. The standard InChI is InChI=1S/C28H44O3/c1-4-7-8-9-10-11-12-13-14-15-16-17-18-19-20-21-22-23-24-25-26-31-28(5-2,6-3)27(29)30/h7-8,10-11,13-14,16-17,19-20,22-23H,4-6,9,12,15,18,21,24-26H2,1-3H3,(H,29,30)/b8-7-,11-10-,14-13-,17-16-,20-19-,23-22-. The van der Waals surface area contributed by atoms with Crippen LogP contribution in [0.4, 0.5) is 0 Å². The molecule has 3 heteroatoms. The number of aliphatic carboxylic acids is 1. The summed E-state index contributed by atoms with van der Waals surface area (Å²) in [5.74, 6) is -0.855. The molecule has 174 valence electrons. The zero-order chi connectivity index (χ0) is 23.0. The van der Waals surface area contributed by atoms with Crippen LogP contribution in [0.25, 0.3) is 0 Å². The third-order valence-corrected chi connectivity index (χ3v) is 5.02. The Labute approximate surface area is 191 Å². The number of carboxylic acid groups (broad SMARTS) is 1. The van der Waals surface area contributed by atoms with Gasteiger partial charge < -0.3 is 9.84 Å². The molecule has 0 aromatic rings. The summed E-state index contributed by atoms with van der Waals surface area (Å²) in [5, 5.41) is 9.33. The second-order valence-corrected chi connectivity index (χ2v) is 7.41. The van der Waals surface area contributed by atoms with Crippen LogP contribution in [0.5, 0.6) is 0 Å². The van der Waals surface area contributed by atoms with Crippen LogP contribution in [0.1, 0.15) is 85.0 Å². The summed E-state index contributed by atoms with van der Waals surface area (Å²) in [6, 6.07) is 0. The van der Waals surface area contributed by atoms with Crippen molar-refractivity contribution in [3.8, 4) is 0 Å². The van der Waals surface area contributed by atoms with E-state index in [4.69, 9.17) is 4.74 Å². The van der Waals surface area contributed by atoms with Crippen LogP contribution in [-0.4, -0.2) is 23.3 Å². The summed E-state index contributed by atoms with van der Waals surface area (Å²) in [4.78, 5) is 11.4. The van der Waals surface area contributed by atoms with Crippen LogP contribution in [0.15, 0.2) is 72.9 Å². The van der Waals surface area contributed by atoms with Crippen molar-refractivity contribution >= 4 is 5.97 Å². The van der Waals surface area contributed by atoms with Crippen molar-refractivity contribution in [2.45, 2.75) is 90.6 Å². The molecule has 0 aliphatic rings. The molecule has 0 radical (unpaired) electrons. The van der Waals surface area contributed by atoms with E-state index in [1.807, 2.05) is 13.8 Å². The van der Waals surface area contributed by atoms with Crippen molar-refractivity contribution in [1.29, 1.82) is 0 Å². The summed E-state index contributed by atoms with van der Waals surface area (Å²) in [6.45, 7) is 6.37. The average Bonchev–Trinajstić information content (AvgIpc) is 2.77. The molecule has 0 aromatic carbocycles. The van der Waals surface area contributed by atoms with Crippen molar-refractivity contribution < 1.29 is 14.6 Å². The van der Waals surface area contributed by atoms with Crippen molar-refractivity contribution in [2.75, 3.05) is 6.61 Å². The Bertz CT molecular complexity index is 602. The number of hydrogen-bond donors (Lipinski definition) is 1. The van der Waals surface area contributed by atoms with Crippen molar-refractivity contribution in [3.05, 3.63) is 72.9 Å². The van der Waals surface area contributed by atoms with Gasteiger partial charge in [0, 0.05) is 6.61 Å². The van der Waals surface area contributed by atoms with E-state index < -0.39 is 11.6 Å². The molecule has 1 N–H and O–H groups in total. The minimum absolute atomic E-state index is 0.486. The molecule has 31 heavy (non-hydrogen) atoms. The highest BCUT2D eigenvalue weighted by molar-refractivity contribution is 5.77. The molecule has 0 saturated carbocycles. The Morgan fingerprint density at radius 3 is 1.42 bits per heavy atom. The molecule has 0 aliphatic heterocycles. The van der Waals surface area contributed by atoms with E-state index in [1.54, 1.807) is 0 Å². The normalized spacial score (nSPS) is 13.4. The summed E-state index contributed by atoms with van der Waals surface area (Å²) < 4.78 is 5.66. The molecule has 3 nitrogen and oxygen atoms in total. The largest absolute Gasteiger partial charge is 0.479 e. The predicted octanol–water partition coefficient (Wildman–Crippen LogP) is 8.12. The lowest BCUT2D eigenvalue weighted by Crippen LogP contribution is -2.40. The van der Waals surface area contributed by atoms with Gasteiger partial charge in [-0.15, -0.1) is 0 Å². The van der Waals surface area contributed by atoms with Gasteiger partial charge in [0.25, 0.3) is 0 Å². The molecule has 0 amide bonds. The van der Waals surface area contributed by atoms with Gasteiger partial charge in [-0.3, -0.25) is 0 Å². The monoisotopic (exact) mass is 428 g/mol. The van der Waals surface area contributed by atoms with E-state index in [1.165, 1.54) is 0 Å². The van der Waals surface area contributed by atoms with Crippen LogP contribution in [-0.2, 0) is 9.53 Å². The summed E-state index contributed by atoms with van der Waals surface area (Å²) in [6.07, 6.45) is 35.1. The highest BCUT2D eigenvalue weighted by Gasteiger charge is 2.35. The number of hydrogen-bond acceptors (Lipinski definition) is 2. The first kappa shape index (κ1) is 28.9. The zero-order valence-electron chi connectivity index (χ0n) is 20.0. The van der Waals surface area contributed by atoms with Gasteiger partial charge in [0.2, 0.25) is 0 Å². The summed E-state index contributed by atoms with van der Waals surface area (Å²) in [5.41, 5.74) is -1.02. The maximum absolute atomic E-state index is 11.4. The number of allylic oxidation sites excluding steroid dienone is 12. The van der Waals surface area contributed by atoms with Gasteiger partial charge in [0.15, 0.2) is 5.60 Å². The first-order valence-electron chi connectivity index (χ1n) is 11.9. The van der Waals surface area contributed by atoms with E-state index >= 15 is 0 Å². The smallest absolute Gasteiger partial charge is 0.335 e. The van der Waals surface area contributed by atoms with Gasteiger partial charge in [-0.1, -0.05) is 93.7 Å². The molecule has 0 unspecified atom stereocenters. The molecule has 0 aliphatic carbocycles. The van der Waals surface area contributed by atoms with Gasteiger partial charge >= 0.3 is 5.97 Å².